The number of primary amides is 1. The molecule has 0 unspecified atom stereocenters. The van der Waals surface area contributed by atoms with Gasteiger partial charge in [0.1, 0.15) is 0 Å². The zero-order chi connectivity index (χ0) is 12.1. The molecule has 1 fully saturated rings. The van der Waals surface area contributed by atoms with Crippen LogP contribution < -0.4 is 5.73 Å². The molecule has 2 rings (SSSR count). The highest BCUT2D eigenvalue weighted by atomic mass is 16.1. The van der Waals surface area contributed by atoms with Crippen molar-refractivity contribution in [1.82, 2.24) is 4.90 Å². The molecule has 0 bridgehead atoms. The van der Waals surface area contributed by atoms with Gasteiger partial charge in [0.15, 0.2) is 0 Å². The highest BCUT2D eigenvalue weighted by molar-refractivity contribution is 5.74. The average Bonchev–Trinajstić information content (AvgIpc) is 2.82. The fourth-order valence-corrected chi connectivity index (χ4v) is 2.53. The summed E-state index contributed by atoms with van der Waals surface area (Å²) in [4.78, 5) is 13.6. The summed E-state index contributed by atoms with van der Waals surface area (Å²) in [6, 6.07) is 10.2. The van der Waals surface area contributed by atoms with E-state index in [9.17, 15) is 4.79 Å². The average molecular weight is 232 g/mol. The van der Waals surface area contributed by atoms with Gasteiger partial charge in [-0.1, -0.05) is 30.3 Å². The van der Waals surface area contributed by atoms with E-state index in [0.717, 1.165) is 19.6 Å². The molecule has 3 heteroatoms. The Bertz CT molecular complexity index is 358. The van der Waals surface area contributed by atoms with Crippen molar-refractivity contribution in [3.05, 3.63) is 35.9 Å². The van der Waals surface area contributed by atoms with Crippen LogP contribution in [0.25, 0.3) is 0 Å². The lowest BCUT2D eigenvalue weighted by Gasteiger charge is -2.22. The van der Waals surface area contributed by atoms with Gasteiger partial charge in [0.05, 0.1) is 0 Å². The fourth-order valence-electron chi connectivity index (χ4n) is 2.53. The van der Waals surface area contributed by atoms with E-state index in [1.54, 1.807) is 0 Å². The molecule has 17 heavy (non-hydrogen) atoms. The Morgan fingerprint density at radius 1 is 1.24 bits per heavy atom. The Hall–Kier alpha value is -1.35. The summed E-state index contributed by atoms with van der Waals surface area (Å²) in [6.07, 6.45) is 3.00. The van der Waals surface area contributed by atoms with Gasteiger partial charge in [0.2, 0.25) is 5.91 Å². The van der Waals surface area contributed by atoms with Crippen molar-refractivity contribution in [2.75, 3.05) is 19.6 Å². The van der Waals surface area contributed by atoms with Crippen LogP contribution in [-0.2, 0) is 4.79 Å². The van der Waals surface area contributed by atoms with Crippen LogP contribution in [-0.4, -0.2) is 30.4 Å². The van der Waals surface area contributed by atoms with Gasteiger partial charge in [-0.05, 0) is 31.5 Å². The van der Waals surface area contributed by atoms with E-state index in [-0.39, 0.29) is 11.8 Å². The van der Waals surface area contributed by atoms with Crippen molar-refractivity contribution < 1.29 is 4.79 Å². The van der Waals surface area contributed by atoms with Crippen molar-refractivity contribution in [3.8, 4) is 0 Å². The second-order valence-corrected chi connectivity index (χ2v) is 4.79. The van der Waals surface area contributed by atoms with Crippen LogP contribution in [0, 0.1) is 0 Å². The van der Waals surface area contributed by atoms with Gasteiger partial charge in [-0.25, -0.2) is 0 Å². The Labute approximate surface area is 103 Å². The molecule has 1 saturated heterocycles. The minimum atomic E-state index is -0.210. The van der Waals surface area contributed by atoms with Crippen LogP contribution in [0.4, 0.5) is 0 Å². The maximum absolute atomic E-state index is 11.2. The molecule has 1 heterocycles. The normalized spacial score (nSPS) is 18.1. The van der Waals surface area contributed by atoms with Crippen molar-refractivity contribution in [3.63, 3.8) is 0 Å². The maximum atomic E-state index is 11.2. The van der Waals surface area contributed by atoms with Crippen LogP contribution in [0.2, 0.25) is 0 Å². The van der Waals surface area contributed by atoms with Gasteiger partial charge < -0.3 is 10.6 Å². The molecule has 3 nitrogen and oxygen atoms in total. The molecular formula is C14H20N2O. The predicted octanol–water partition coefficient (Wildman–Crippen LogP) is 1.74. The number of likely N-dealkylation sites (tertiary alicyclic amines) is 1. The molecule has 1 aliphatic rings. The van der Waals surface area contributed by atoms with E-state index in [0.29, 0.717) is 6.42 Å². The third kappa shape index (κ3) is 3.56. The van der Waals surface area contributed by atoms with Gasteiger partial charge in [0, 0.05) is 18.9 Å². The van der Waals surface area contributed by atoms with Crippen molar-refractivity contribution in [2.24, 2.45) is 5.73 Å². The van der Waals surface area contributed by atoms with Crippen molar-refractivity contribution in [1.29, 1.82) is 0 Å². The largest absolute Gasteiger partial charge is 0.370 e. The summed E-state index contributed by atoms with van der Waals surface area (Å²) in [5.41, 5.74) is 6.57. The van der Waals surface area contributed by atoms with Gasteiger partial charge in [-0.15, -0.1) is 0 Å². The zero-order valence-corrected chi connectivity index (χ0v) is 10.1. The topological polar surface area (TPSA) is 46.3 Å². The molecular weight excluding hydrogens is 212 g/mol. The third-order valence-corrected chi connectivity index (χ3v) is 3.40. The van der Waals surface area contributed by atoms with Crippen LogP contribution >= 0.6 is 0 Å². The molecule has 2 N–H and O–H groups in total. The summed E-state index contributed by atoms with van der Waals surface area (Å²) >= 11 is 0. The highest BCUT2D eigenvalue weighted by Gasteiger charge is 2.20. The monoisotopic (exact) mass is 232 g/mol. The predicted molar refractivity (Wildman–Crippen MR) is 68.7 cm³/mol. The first-order chi connectivity index (χ1) is 8.25. The molecule has 1 aromatic carbocycles. The molecule has 0 radical (unpaired) electrons. The van der Waals surface area contributed by atoms with E-state index in [1.165, 1.54) is 18.4 Å². The number of benzene rings is 1. The van der Waals surface area contributed by atoms with E-state index in [2.05, 4.69) is 17.0 Å². The smallest absolute Gasteiger partial charge is 0.218 e. The first-order valence-corrected chi connectivity index (χ1v) is 6.31. The molecule has 0 saturated carbocycles. The standard InChI is InChI=1S/C14H20N2O/c15-14(17)10-13(11-16-8-4-5-9-16)12-6-2-1-3-7-12/h1-3,6-7,13H,4-5,8-11H2,(H2,15,17)/t13-/m1/s1. The van der Waals surface area contributed by atoms with Crippen LogP contribution in [0.15, 0.2) is 30.3 Å². The highest BCUT2D eigenvalue weighted by Crippen LogP contribution is 2.22. The molecule has 0 spiro atoms. The van der Waals surface area contributed by atoms with Gasteiger partial charge in [0.25, 0.3) is 0 Å². The van der Waals surface area contributed by atoms with Gasteiger partial charge in [-0.2, -0.15) is 0 Å². The van der Waals surface area contributed by atoms with Crippen molar-refractivity contribution in [2.45, 2.75) is 25.2 Å². The number of carbonyl (C=O) groups excluding carboxylic acids is 1. The number of carbonyl (C=O) groups is 1. The van der Waals surface area contributed by atoms with E-state index in [1.807, 2.05) is 18.2 Å². The van der Waals surface area contributed by atoms with Gasteiger partial charge in [-0.3, -0.25) is 4.79 Å². The molecule has 0 aliphatic carbocycles. The number of hydrogen-bond acceptors (Lipinski definition) is 2. The Balaban J connectivity index is 2.04. The van der Waals surface area contributed by atoms with E-state index >= 15 is 0 Å². The number of nitrogens with zero attached hydrogens (tertiary/aromatic N) is 1. The Kier molecular flexibility index (Phi) is 4.15. The minimum Gasteiger partial charge on any atom is -0.370 e. The second-order valence-electron chi connectivity index (χ2n) is 4.79. The van der Waals surface area contributed by atoms with Crippen LogP contribution in [0.3, 0.4) is 0 Å². The third-order valence-electron chi connectivity index (χ3n) is 3.40. The van der Waals surface area contributed by atoms with Crippen LogP contribution in [0.5, 0.6) is 0 Å². The molecule has 1 atom stereocenters. The molecule has 1 amide bonds. The number of nitrogens with two attached hydrogens (primary N) is 1. The first kappa shape index (κ1) is 12.1. The molecule has 0 aromatic heterocycles. The summed E-state index contributed by atoms with van der Waals surface area (Å²) in [5.74, 6) is 0.0323. The lowest BCUT2D eigenvalue weighted by atomic mass is 9.95. The fraction of sp³-hybridized carbons (Fsp3) is 0.500. The first-order valence-electron chi connectivity index (χ1n) is 6.31. The summed E-state index contributed by atoms with van der Waals surface area (Å²) < 4.78 is 0. The molecule has 92 valence electrons. The summed E-state index contributed by atoms with van der Waals surface area (Å²) in [6.45, 7) is 3.26. The van der Waals surface area contributed by atoms with Crippen molar-refractivity contribution >= 4 is 5.91 Å². The quantitative estimate of drug-likeness (QED) is 0.840. The lowest BCUT2D eigenvalue weighted by molar-refractivity contribution is -0.118. The Morgan fingerprint density at radius 3 is 2.47 bits per heavy atom. The summed E-state index contributed by atoms with van der Waals surface area (Å²) in [5, 5.41) is 0. The second kappa shape index (κ2) is 5.82. The van der Waals surface area contributed by atoms with E-state index in [4.69, 9.17) is 5.73 Å². The molecule has 1 aliphatic heterocycles. The minimum absolute atomic E-state index is 0.210. The van der Waals surface area contributed by atoms with Gasteiger partial charge >= 0.3 is 0 Å². The van der Waals surface area contributed by atoms with Crippen LogP contribution in [0.1, 0.15) is 30.7 Å². The number of amides is 1. The SMILES string of the molecule is NC(=O)C[C@H](CN1CCCC1)c1ccccc1. The maximum Gasteiger partial charge on any atom is 0.218 e. The zero-order valence-electron chi connectivity index (χ0n) is 10.1. The molecule has 1 aromatic rings. The number of hydrogen-bond donors (Lipinski definition) is 1. The van der Waals surface area contributed by atoms with E-state index < -0.39 is 0 Å². The number of rotatable bonds is 5. The summed E-state index contributed by atoms with van der Waals surface area (Å²) in [7, 11) is 0. The lowest BCUT2D eigenvalue weighted by Crippen LogP contribution is -2.28. The Morgan fingerprint density at radius 2 is 1.88 bits per heavy atom.